The molecule has 0 atom stereocenters. The first-order valence-electron chi connectivity index (χ1n) is 4.68. The third kappa shape index (κ3) is 2.32. The minimum atomic E-state index is -0.234. The van der Waals surface area contributed by atoms with Crippen LogP contribution in [0.4, 0.5) is 0 Å². The molecule has 0 saturated carbocycles. The van der Waals surface area contributed by atoms with E-state index in [2.05, 4.69) is 11.9 Å². The molecule has 0 unspecified atom stereocenters. The number of aryl methyl sites for hydroxylation is 1. The van der Waals surface area contributed by atoms with Crippen molar-refractivity contribution in [2.45, 2.75) is 25.8 Å². The molecular weight excluding hydrogens is 198 g/mol. The normalized spacial score (nSPS) is 10.2. The third-order valence-electron chi connectivity index (χ3n) is 1.81. The molecule has 3 nitrogen and oxygen atoms in total. The van der Waals surface area contributed by atoms with Gasteiger partial charge in [0.25, 0.3) is 0 Å². The van der Waals surface area contributed by atoms with Gasteiger partial charge in [-0.1, -0.05) is 6.92 Å². The smallest absolute Gasteiger partial charge is 0.341 e. The van der Waals surface area contributed by atoms with Crippen molar-refractivity contribution in [1.29, 1.82) is 0 Å². The molecule has 0 spiro atoms. The molecule has 4 heteroatoms. The number of carbonyl (C=O) groups is 1. The van der Waals surface area contributed by atoms with E-state index >= 15 is 0 Å². The standard InChI is InChI=1S/C10H15NO2S/c1-4-13-10(12)8-7(3)6-11-9(8)14-5-2/h6,11H,4-5H2,1-3H3. The summed E-state index contributed by atoms with van der Waals surface area (Å²) in [5, 5.41) is 0.906. The summed E-state index contributed by atoms with van der Waals surface area (Å²) in [4.78, 5) is 14.6. The largest absolute Gasteiger partial charge is 0.462 e. The van der Waals surface area contributed by atoms with Gasteiger partial charge >= 0.3 is 5.97 Å². The zero-order chi connectivity index (χ0) is 10.6. The van der Waals surface area contributed by atoms with Crippen molar-refractivity contribution in [3.63, 3.8) is 0 Å². The molecule has 0 aromatic carbocycles. The zero-order valence-corrected chi connectivity index (χ0v) is 9.53. The predicted octanol–water partition coefficient (Wildman–Crippen LogP) is 2.61. The Hall–Kier alpha value is -0.900. The van der Waals surface area contributed by atoms with Gasteiger partial charge in [0.15, 0.2) is 0 Å². The van der Waals surface area contributed by atoms with Gasteiger partial charge in [0.2, 0.25) is 0 Å². The van der Waals surface area contributed by atoms with Crippen molar-refractivity contribution in [2.24, 2.45) is 0 Å². The van der Waals surface area contributed by atoms with E-state index in [0.29, 0.717) is 12.2 Å². The number of H-pyrrole nitrogens is 1. The Morgan fingerprint density at radius 1 is 1.57 bits per heavy atom. The van der Waals surface area contributed by atoms with Crippen LogP contribution < -0.4 is 0 Å². The van der Waals surface area contributed by atoms with Crippen LogP contribution >= 0.6 is 11.8 Å². The van der Waals surface area contributed by atoms with Crippen molar-refractivity contribution in [1.82, 2.24) is 4.98 Å². The van der Waals surface area contributed by atoms with E-state index in [9.17, 15) is 4.79 Å². The Labute approximate surface area is 88.2 Å². The summed E-state index contributed by atoms with van der Waals surface area (Å²) in [6.07, 6.45) is 1.84. The number of aromatic amines is 1. The van der Waals surface area contributed by atoms with Crippen LogP contribution in [0, 0.1) is 6.92 Å². The molecular formula is C10H15NO2S. The number of hydrogen-bond donors (Lipinski definition) is 1. The van der Waals surface area contributed by atoms with Crippen molar-refractivity contribution in [3.05, 3.63) is 17.3 Å². The Balaban J connectivity index is 2.92. The van der Waals surface area contributed by atoms with Gasteiger partial charge in [0, 0.05) is 6.20 Å². The molecule has 0 amide bonds. The first-order valence-corrected chi connectivity index (χ1v) is 5.67. The maximum Gasteiger partial charge on any atom is 0.341 e. The lowest BCUT2D eigenvalue weighted by Gasteiger charge is -2.03. The molecule has 14 heavy (non-hydrogen) atoms. The van der Waals surface area contributed by atoms with Crippen LogP contribution in [0.25, 0.3) is 0 Å². The van der Waals surface area contributed by atoms with Gasteiger partial charge in [-0.25, -0.2) is 4.79 Å². The van der Waals surface area contributed by atoms with E-state index in [1.54, 1.807) is 11.8 Å². The average molecular weight is 213 g/mol. The number of nitrogens with one attached hydrogen (secondary N) is 1. The molecule has 0 aliphatic heterocycles. The monoisotopic (exact) mass is 213 g/mol. The molecule has 1 aromatic heterocycles. The maximum absolute atomic E-state index is 11.6. The molecule has 0 bridgehead atoms. The molecule has 0 aliphatic carbocycles. The molecule has 1 aromatic rings. The Bertz CT molecular complexity index is 320. The number of ether oxygens (including phenoxy) is 1. The molecule has 0 saturated heterocycles. The minimum Gasteiger partial charge on any atom is -0.462 e. The van der Waals surface area contributed by atoms with Crippen LogP contribution in [0.2, 0.25) is 0 Å². The lowest BCUT2D eigenvalue weighted by atomic mass is 10.2. The predicted molar refractivity (Wildman–Crippen MR) is 57.9 cm³/mol. The fourth-order valence-electron chi connectivity index (χ4n) is 1.21. The lowest BCUT2D eigenvalue weighted by Crippen LogP contribution is -2.06. The minimum absolute atomic E-state index is 0.234. The molecule has 1 rings (SSSR count). The van der Waals surface area contributed by atoms with Gasteiger partial charge in [0.1, 0.15) is 0 Å². The van der Waals surface area contributed by atoms with E-state index in [4.69, 9.17) is 4.74 Å². The first-order chi connectivity index (χ1) is 6.70. The molecule has 0 aliphatic rings. The van der Waals surface area contributed by atoms with E-state index < -0.39 is 0 Å². The summed E-state index contributed by atoms with van der Waals surface area (Å²) in [6, 6.07) is 0. The highest BCUT2D eigenvalue weighted by Crippen LogP contribution is 2.24. The van der Waals surface area contributed by atoms with Crippen LogP contribution in [-0.4, -0.2) is 23.3 Å². The van der Waals surface area contributed by atoms with Gasteiger partial charge in [-0.3, -0.25) is 0 Å². The summed E-state index contributed by atoms with van der Waals surface area (Å²) in [5.74, 6) is 0.703. The average Bonchev–Trinajstić information content (AvgIpc) is 2.48. The van der Waals surface area contributed by atoms with Crippen LogP contribution in [0.1, 0.15) is 29.8 Å². The number of rotatable bonds is 4. The third-order valence-corrected chi connectivity index (χ3v) is 2.71. The van der Waals surface area contributed by atoms with Crippen LogP contribution in [0.5, 0.6) is 0 Å². The molecule has 0 radical (unpaired) electrons. The van der Waals surface area contributed by atoms with Crippen molar-refractivity contribution < 1.29 is 9.53 Å². The second-order valence-corrected chi connectivity index (χ2v) is 4.10. The Morgan fingerprint density at radius 3 is 2.86 bits per heavy atom. The van der Waals surface area contributed by atoms with Gasteiger partial charge in [-0.2, -0.15) is 0 Å². The molecule has 1 N–H and O–H groups in total. The summed E-state index contributed by atoms with van der Waals surface area (Å²) in [6.45, 7) is 6.18. The highest BCUT2D eigenvalue weighted by Gasteiger charge is 2.16. The molecule has 0 fully saturated rings. The SMILES string of the molecule is CCOC(=O)c1c(C)c[nH]c1SCC. The van der Waals surface area contributed by atoms with Crippen molar-refractivity contribution in [3.8, 4) is 0 Å². The topological polar surface area (TPSA) is 42.1 Å². The Morgan fingerprint density at radius 2 is 2.29 bits per heavy atom. The lowest BCUT2D eigenvalue weighted by molar-refractivity contribution is 0.0521. The summed E-state index contributed by atoms with van der Waals surface area (Å²) < 4.78 is 4.98. The zero-order valence-electron chi connectivity index (χ0n) is 8.72. The van der Waals surface area contributed by atoms with E-state index in [0.717, 1.165) is 16.3 Å². The fourth-order valence-corrected chi connectivity index (χ4v) is 2.03. The number of aromatic nitrogens is 1. The van der Waals surface area contributed by atoms with E-state index in [-0.39, 0.29) is 5.97 Å². The quantitative estimate of drug-likeness (QED) is 0.617. The molecule has 1 heterocycles. The van der Waals surface area contributed by atoms with Crippen LogP contribution in [0.3, 0.4) is 0 Å². The number of carbonyl (C=O) groups excluding carboxylic acids is 1. The highest BCUT2D eigenvalue weighted by molar-refractivity contribution is 7.99. The van der Waals surface area contributed by atoms with E-state index in [1.165, 1.54) is 0 Å². The van der Waals surface area contributed by atoms with Gasteiger partial charge in [0.05, 0.1) is 17.2 Å². The molecule has 78 valence electrons. The van der Waals surface area contributed by atoms with Gasteiger partial charge in [-0.15, -0.1) is 11.8 Å². The second-order valence-electron chi connectivity index (χ2n) is 2.83. The number of esters is 1. The summed E-state index contributed by atoms with van der Waals surface area (Å²) in [7, 11) is 0. The summed E-state index contributed by atoms with van der Waals surface area (Å²) in [5.41, 5.74) is 1.62. The summed E-state index contributed by atoms with van der Waals surface area (Å²) >= 11 is 1.62. The first kappa shape index (κ1) is 11.2. The van der Waals surface area contributed by atoms with Crippen LogP contribution in [-0.2, 0) is 4.74 Å². The van der Waals surface area contributed by atoms with Crippen LogP contribution in [0.15, 0.2) is 11.2 Å². The van der Waals surface area contributed by atoms with Crippen molar-refractivity contribution >= 4 is 17.7 Å². The van der Waals surface area contributed by atoms with Gasteiger partial charge < -0.3 is 9.72 Å². The van der Waals surface area contributed by atoms with Crippen molar-refractivity contribution in [2.75, 3.05) is 12.4 Å². The highest BCUT2D eigenvalue weighted by atomic mass is 32.2. The number of thioether (sulfide) groups is 1. The van der Waals surface area contributed by atoms with Gasteiger partial charge in [-0.05, 0) is 25.2 Å². The Kier molecular flexibility index (Phi) is 4.07. The fraction of sp³-hybridized carbons (Fsp3) is 0.500. The second kappa shape index (κ2) is 5.10. The maximum atomic E-state index is 11.6. The van der Waals surface area contributed by atoms with E-state index in [1.807, 2.05) is 20.0 Å². The number of hydrogen-bond acceptors (Lipinski definition) is 3.